The zero-order valence-corrected chi connectivity index (χ0v) is 7.91. The van der Waals surface area contributed by atoms with Crippen LogP contribution in [0.3, 0.4) is 0 Å². The van der Waals surface area contributed by atoms with Crippen molar-refractivity contribution in [2.24, 2.45) is 0 Å². The number of nitrogens with one attached hydrogen (secondary N) is 1. The Morgan fingerprint density at radius 1 is 1.46 bits per heavy atom. The van der Waals surface area contributed by atoms with Crippen molar-refractivity contribution < 1.29 is 0 Å². The van der Waals surface area contributed by atoms with Crippen molar-refractivity contribution in [1.29, 1.82) is 0 Å². The molecule has 1 aromatic heterocycles. The van der Waals surface area contributed by atoms with Gasteiger partial charge in [0.1, 0.15) is 5.82 Å². The van der Waals surface area contributed by atoms with E-state index >= 15 is 0 Å². The van der Waals surface area contributed by atoms with Crippen molar-refractivity contribution in [3.05, 3.63) is 42.5 Å². The second kappa shape index (κ2) is 4.40. The summed E-state index contributed by atoms with van der Waals surface area (Å²) in [4.78, 5) is 3.06. The summed E-state index contributed by atoms with van der Waals surface area (Å²) in [5, 5.41) is 7.87. The van der Waals surface area contributed by atoms with Gasteiger partial charge in [0.25, 0.3) is 0 Å². The molecule has 0 amide bonds. The van der Waals surface area contributed by atoms with Crippen LogP contribution in [0.25, 0.3) is 5.57 Å². The topological polar surface area (TPSA) is 41.6 Å². The van der Waals surface area contributed by atoms with E-state index in [1.54, 1.807) is 6.08 Å². The SMILES string of the molecule is C=C/C=C\C(=C/C)c1nnc(C)[nH]1. The van der Waals surface area contributed by atoms with E-state index < -0.39 is 0 Å². The molecule has 0 aliphatic carbocycles. The molecule has 0 bridgehead atoms. The summed E-state index contributed by atoms with van der Waals surface area (Å²) >= 11 is 0. The van der Waals surface area contributed by atoms with Crippen molar-refractivity contribution in [2.75, 3.05) is 0 Å². The summed E-state index contributed by atoms with van der Waals surface area (Å²) < 4.78 is 0. The molecule has 0 saturated carbocycles. The first-order valence-corrected chi connectivity index (χ1v) is 4.13. The van der Waals surface area contributed by atoms with E-state index in [1.807, 2.05) is 32.1 Å². The van der Waals surface area contributed by atoms with Crippen LogP contribution in [0.1, 0.15) is 18.6 Å². The van der Waals surface area contributed by atoms with Crippen LogP contribution in [-0.2, 0) is 0 Å². The third-order valence-corrected chi connectivity index (χ3v) is 1.60. The van der Waals surface area contributed by atoms with Gasteiger partial charge in [-0.1, -0.05) is 30.9 Å². The largest absolute Gasteiger partial charge is 0.325 e. The molecule has 0 radical (unpaired) electrons. The third-order valence-electron chi connectivity index (χ3n) is 1.60. The quantitative estimate of drug-likeness (QED) is 0.716. The van der Waals surface area contributed by atoms with Crippen LogP contribution in [-0.4, -0.2) is 15.2 Å². The zero-order valence-electron chi connectivity index (χ0n) is 7.91. The number of allylic oxidation sites excluding steroid dienone is 5. The Morgan fingerprint density at radius 3 is 2.69 bits per heavy atom. The molecular formula is C10H13N3. The average Bonchev–Trinajstić information content (AvgIpc) is 2.54. The van der Waals surface area contributed by atoms with Crippen LogP contribution >= 0.6 is 0 Å². The second-order valence-corrected chi connectivity index (χ2v) is 2.60. The number of hydrogen-bond acceptors (Lipinski definition) is 2. The summed E-state index contributed by atoms with van der Waals surface area (Å²) in [6, 6.07) is 0. The van der Waals surface area contributed by atoms with Gasteiger partial charge in [-0.2, -0.15) is 0 Å². The number of nitrogens with zero attached hydrogens (tertiary/aromatic N) is 2. The maximum absolute atomic E-state index is 3.98. The van der Waals surface area contributed by atoms with E-state index in [0.717, 1.165) is 17.2 Å². The first-order valence-electron chi connectivity index (χ1n) is 4.13. The van der Waals surface area contributed by atoms with Crippen LogP contribution in [0.2, 0.25) is 0 Å². The van der Waals surface area contributed by atoms with Gasteiger partial charge in [-0.15, -0.1) is 10.2 Å². The van der Waals surface area contributed by atoms with Crippen LogP contribution in [0.15, 0.2) is 30.9 Å². The first kappa shape index (κ1) is 9.45. The lowest BCUT2D eigenvalue weighted by molar-refractivity contribution is 1.03. The van der Waals surface area contributed by atoms with Gasteiger partial charge in [-0.25, -0.2) is 0 Å². The zero-order chi connectivity index (χ0) is 9.68. The third kappa shape index (κ3) is 2.40. The molecule has 0 saturated heterocycles. The molecule has 1 heterocycles. The van der Waals surface area contributed by atoms with Crippen LogP contribution in [0.4, 0.5) is 0 Å². The molecule has 1 rings (SSSR count). The predicted octanol–water partition coefficient (Wildman–Crippen LogP) is 2.26. The number of aryl methyl sites for hydroxylation is 1. The van der Waals surface area contributed by atoms with Gasteiger partial charge in [0.05, 0.1) is 0 Å². The number of rotatable bonds is 3. The molecule has 13 heavy (non-hydrogen) atoms. The lowest BCUT2D eigenvalue weighted by Crippen LogP contribution is -1.83. The lowest BCUT2D eigenvalue weighted by atomic mass is 10.2. The molecule has 0 aliphatic rings. The molecule has 0 unspecified atom stereocenters. The molecule has 68 valence electrons. The highest BCUT2D eigenvalue weighted by Gasteiger charge is 2.00. The highest BCUT2D eigenvalue weighted by atomic mass is 15.2. The van der Waals surface area contributed by atoms with Crippen molar-refractivity contribution in [1.82, 2.24) is 15.2 Å². The summed E-state index contributed by atoms with van der Waals surface area (Å²) in [5.41, 5.74) is 1.01. The van der Waals surface area contributed by atoms with Gasteiger partial charge in [0.15, 0.2) is 5.82 Å². The van der Waals surface area contributed by atoms with E-state index in [1.165, 1.54) is 0 Å². The summed E-state index contributed by atoms with van der Waals surface area (Å²) in [6.45, 7) is 7.44. The highest BCUT2D eigenvalue weighted by molar-refractivity contribution is 5.69. The van der Waals surface area contributed by atoms with Gasteiger partial charge in [0, 0.05) is 5.57 Å². The fourth-order valence-corrected chi connectivity index (χ4v) is 0.960. The number of aromatic amines is 1. The van der Waals surface area contributed by atoms with Gasteiger partial charge in [0.2, 0.25) is 0 Å². The molecule has 3 heteroatoms. The Labute approximate surface area is 77.9 Å². The number of H-pyrrole nitrogens is 1. The summed E-state index contributed by atoms with van der Waals surface area (Å²) in [6.07, 6.45) is 7.51. The molecule has 0 aliphatic heterocycles. The Bertz CT molecular complexity index is 345. The first-order chi connectivity index (χ1) is 6.27. The number of hydrogen-bond donors (Lipinski definition) is 1. The maximum atomic E-state index is 3.98. The second-order valence-electron chi connectivity index (χ2n) is 2.60. The molecular weight excluding hydrogens is 162 g/mol. The summed E-state index contributed by atoms with van der Waals surface area (Å²) in [5.74, 6) is 1.61. The van der Waals surface area contributed by atoms with Gasteiger partial charge in [-0.05, 0) is 13.8 Å². The lowest BCUT2D eigenvalue weighted by Gasteiger charge is -1.92. The molecule has 3 nitrogen and oxygen atoms in total. The minimum atomic E-state index is 0.790. The van der Waals surface area contributed by atoms with E-state index in [-0.39, 0.29) is 0 Å². The van der Waals surface area contributed by atoms with Crippen molar-refractivity contribution in [2.45, 2.75) is 13.8 Å². The van der Waals surface area contributed by atoms with E-state index in [2.05, 4.69) is 21.8 Å². The van der Waals surface area contributed by atoms with Crippen LogP contribution in [0, 0.1) is 6.92 Å². The highest BCUT2D eigenvalue weighted by Crippen LogP contribution is 2.10. The van der Waals surface area contributed by atoms with Crippen molar-refractivity contribution in [3.63, 3.8) is 0 Å². The molecule has 0 aromatic carbocycles. The predicted molar refractivity (Wildman–Crippen MR) is 54.1 cm³/mol. The molecule has 0 atom stereocenters. The Kier molecular flexibility index (Phi) is 3.20. The molecule has 1 aromatic rings. The minimum Gasteiger partial charge on any atom is -0.325 e. The Hall–Kier alpha value is -1.64. The fourth-order valence-electron chi connectivity index (χ4n) is 0.960. The van der Waals surface area contributed by atoms with E-state index in [9.17, 15) is 0 Å². The minimum absolute atomic E-state index is 0.790. The smallest absolute Gasteiger partial charge is 0.160 e. The van der Waals surface area contributed by atoms with Gasteiger partial charge >= 0.3 is 0 Å². The van der Waals surface area contributed by atoms with Crippen molar-refractivity contribution >= 4 is 5.57 Å². The van der Waals surface area contributed by atoms with Crippen molar-refractivity contribution in [3.8, 4) is 0 Å². The van der Waals surface area contributed by atoms with Crippen LogP contribution in [0.5, 0.6) is 0 Å². The van der Waals surface area contributed by atoms with Gasteiger partial charge in [-0.3, -0.25) is 0 Å². The maximum Gasteiger partial charge on any atom is 0.160 e. The Morgan fingerprint density at radius 2 is 2.23 bits per heavy atom. The van der Waals surface area contributed by atoms with E-state index in [0.29, 0.717) is 0 Å². The standard InChI is InChI=1S/C10H13N3/c1-4-6-7-9(5-2)10-11-8(3)12-13-10/h4-7H,1H2,2-3H3,(H,11,12,13)/b7-6-,9-5+. The normalized spacial score (nSPS) is 12.3. The van der Waals surface area contributed by atoms with E-state index in [4.69, 9.17) is 0 Å². The number of aromatic nitrogens is 3. The molecule has 1 N–H and O–H groups in total. The van der Waals surface area contributed by atoms with Gasteiger partial charge < -0.3 is 4.98 Å². The molecule has 0 spiro atoms. The Balaban J connectivity index is 2.91. The molecule has 0 fully saturated rings. The monoisotopic (exact) mass is 175 g/mol. The average molecular weight is 175 g/mol. The van der Waals surface area contributed by atoms with Crippen LogP contribution < -0.4 is 0 Å². The summed E-state index contributed by atoms with van der Waals surface area (Å²) in [7, 11) is 0. The fraction of sp³-hybridized carbons (Fsp3) is 0.200.